The fourth-order valence-corrected chi connectivity index (χ4v) is 2.94. The van der Waals surface area contributed by atoms with E-state index >= 15 is 0 Å². The van der Waals surface area contributed by atoms with Gasteiger partial charge in [0.1, 0.15) is 0 Å². The molecule has 0 rings (SSSR count). The molecule has 0 spiro atoms. The summed E-state index contributed by atoms with van der Waals surface area (Å²) in [6.45, 7) is 6.50. The van der Waals surface area contributed by atoms with Crippen LogP contribution in [0.2, 0.25) is 0 Å². The van der Waals surface area contributed by atoms with E-state index in [0.717, 1.165) is 18.9 Å². The number of nitrogens with zero attached hydrogens (tertiary/aromatic N) is 1. The molecule has 0 fully saturated rings. The van der Waals surface area contributed by atoms with Gasteiger partial charge in [-0.1, -0.05) is 88.1 Å². The molecule has 6 heteroatoms. The van der Waals surface area contributed by atoms with Gasteiger partial charge in [-0.15, -0.1) is 5.06 Å². The minimum absolute atomic E-state index is 0.403. The quantitative estimate of drug-likeness (QED) is 0.129. The molecule has 142 valence electrons. The number of halogens is 2. The van der Waals surface area contributed by atoms with Crippen LogP contribution in [0.15, 0.2) is 12.7 Å². The third-order valence-corrected chi connectivity index (χ3v) is 4.63. The lowest BCUT2D eigenvalue weighted by Gasteiger charge is -2.32. The van der Waals surface area contributed by atoms with Crippen molar-refractivity contribution in [2.45, 2.75) is 82.0 Å². The highest BCUT2D eigenvalue weighted by Crippen LogP contribution is 2.33. The van der Waals surface area contributed by atoms with Crippen LogP contribution in [-0.4, -0.2) is 28.6 Å². The number of carbonyl (C=O) groups is 1. The van der Waals surface area contributed by atoms with Crippen molar-refractivity contribution < 1.29 is 9.63 Å². The summed E-state index contributed by atoms with van der Waals surface area (Å²) in [7, 11) is 0. The van der Waals surface area contributed by atoms with Crippen molar-refractivity contribution in [2.24, 2.45) is 5.73 Å². The largest absolute Gasteiger partial charge is 0.361 e. The number of carbonyl (C=O) groups excluding carboxylic acids is 1. The molecule has 0 heterocycles. The van der Waals surface area contributed by atoms with Crippen LogP contribution in [0.1, 0.15) is 77.6 Å². The number of nitrogens with two attached hydrogens (primary N) is 1. The lowest BCUT2D eigenvalue weighted by molar-refractivity contribution is -0.194. The standard InChI is InChI=1S/C18H34Cl2N2O2/c1-3-5-6-7-8-9-10-11-12-14-18(19,20)22(16-13-15-21)24-17(23)4-2/h4H,2-3,5-16,21H2,1H3. The number of unbranched alkanes of at least 4 members (excludes halogenated alkanes) is 8. The Kier molecular flexibility index (Phi) is 14.8. The van der Waals surface area contributed by atoms with Crippen LogP contribution in [0.4, 0.5) is 0 Å². The Morgan fingerprint density at radius 1 is 1.08 bits per heavy atom. The first-order valence-electron chi connectivity index (χ1n) is 9.17. The summed E-state index contributed by atoms with van der Waals surface area (Å²) in [6, 6.07) is 0. The molecule has 0 aliphatic heterocycles. The normalized spacial score (nSPS) is 11.7. The molecule has 0 aliphatic carbocycles. The van der Waals surface area contributed by atoms with E-state index in [1.807, 2.05) is 0 Å². The van der Waals surface area contributed by atoms with Crippen molar-refractivity contribution in [1.29, 1.82) is 0 Å². The summed E-state index contributed by atoms with van der Waals surface area (Å²) in [5.74, 6) is -0.565. The zero-order chi connectivity index (χ0) is 18.3. The Labute approximate surface area is 157 Å². The number of rotatable bonds is 16. The monoisotopic (exact) mass is 380 g/mol. The summed E-state index contributed by atoms with van der Waals surface area (Å²) in [5, 5.41) is 1.32. The molecule has 0 saturated heterocycles. The van der Waals surface area contributed by atoms with Gasteiger partial charge in [0.15, 0.2) is 0 Å². The lowest BCUT2D eigenvalue weighted by atomic mass is 10.1. The maximum atomic E-state index is 11.4. The van der Waals surface area contributed by atoms with E-state index in [9.17, 15) is 4.79 Å². The second-order valence-electron chi connectivity index (χ2n) is 6.10. The summed E-state index contributed by atoms with van der Waals surface area (Å²) >= 11 is 12.8. The Balaban J connectivity index is 4.03. The Bertz CT molecular complexity index is 339. The van der Waals surface area contributed by atoms with E-state index in [0.29, 0.717) is 25.9 Å². The van der Waals surface area contributed by atoms with Crippen molar-refractivity contribution in [2.75, 3.05) is 13.1 Å². The minimum Gasteiger partial charge on any atom is -0.361 e. The maximum absolute atomic E-state index is 11.4. The van der Waals surface area contributed by atoms with Crippen molar-refractivity contribution in [3.05, 3.63) is 12.7 Å². The second kappa shape index (κ2) is 15.0. The highest BCUT2D eigenvalue weighted by atomic mass is 35.5. The van der Waals surface area contributed by atoms with Gasteiger partial charge in [-0.3, -0.25) is 0 Å². The van der Waals surface area contributed by atoms with Crippen molar-refractivity contribution >= 4 is 29.2 Å². The van der Waals surface area contributed by atoms with Gasteiger partial charge in [0.25, 0.3) is 0 Å². The summed E-state index contributed by atoms with van der Waals surface area (Å²) in [6.07, 6.45) is 13.3. The number of hydrogen-bond acceptors (Lipinski definition) is 4. The molecule has 0 aromatic rings. The predicted octanol–water partition coefficient (Wildman–Crippen LogP) is 5.33. The molecule has 0 atom stereocenters. The van der Waals surface area contributed by atoms with E-state index in [2.05, 4.69) is 13.5 Å². The minimum atomic E-state index is -1.23. The summed E-state index contributed by atoms with van der Waals surface area (Å²) in [4.78, 5) is 16.6. The SMILES string of the molecule is C=CC(=O)ON(CCCN)C(Cl)(Cl)CCCCCCCCCCC. The lowest BCUT2D eigenvalue weighted by Crippen LogP contribution is -2.42. The summed E-state index contributed by atoms with van der Waals surface area (Å²) in [5.41, 5.74) is 5.51. The average Bonchev–Trinajstić information content (AvgIpc) is 2.56. The molecule has 0 bridgehead atoms. The van der Waals surface area contributed by atoms with Crippen LogP contribution in [0.25, 0.3) is 0 Å². The molecular formula is C18H34Cl2N2O2. The first kappa shape index (κ1) is 23.7. The van der Waals surface area contributed by atoms with E-state index in [1.54, 1.807) is 0 Å². The van der Waals surface area contributed by atoms with Crippen molar-refractivity contribution in [3.8, 4) is 0 Å². The topological polar surface area (TPSA) is 55.6 Å². The Morgan fingerprint density at radius 3 is 2.12 bits per heavy atom. The van der Waals surface area contributed by atoms with Gasteiger partial charge in [0.05, 0.1) is 0 Å². The van der Waals surface area contributed by atoms with Crippen LogP contribution < -0.4 is 5.73 Å². The van der Waals surface area contributed by atoms with E-state index < -0.39 is 10.4 Å². The van der Waals surface area contributed by atoms with Gasteiger partial charge in [-0.2, -0.15) is 0 Å². The zero-order valence-corrected chi connectivity index (χ0v) is 16.6. The van der Waals surface area contributed by atoms with E-state index in [1.165, 1.54) is 50.0 Å². The third-order valence-electron chi connectivity index (χ3n) is 3.88. The van der Waals surface area contributed by atoms with E-state index in [-0.39, 0.29) is 0 Å². The average molecular weight is 381 g/mol. The molecule has 0 amide bonds. The molecular weight excluding hydrogens is 347 g/mol. The molecule has 4 nitrogen and oxygen atoms in total. The van der Waals surface area contributed by atoms with Gasteiger partial charge < -0.3 is 10.6 Å². The second-order valence-corrected chi connectivity index (χ2v) is 7.55. The Hall–Kier alpha value is -0.290. The van der Waals surface area contributed by atoms with E-state index in [4.69, 9.17) is 33.8 Å². The van der Waals surface area contributed by atoms with Gasteiger partial charge in [-0.25, -0.2) is 4.79 Å². The first-order chi connectivity index (χ1) is 11.5. The van der Waals surface area contributed by atoms with Crippen LogP contribution >= 0.6 is 23.2 Å². The molecule has 0 aromatic carbocycles. The number of alkyl halides is 2. The molecule has 0 radical (unpaired) electrons. The number of hydrogen-bond donors (Lipinski definition) is 1. The Morgan fingerprint density at radius 2 is 1.62 bits per heavy atom. The van der Waals surface area contributed by atoms with Crippen LogP contribution in [-0.2, 0) is 9.63 Å². The molecule has 0 saturated carbocycles. The van der Waals surface area contributed by atoms with Crippen LogP contribution in [0, 0.1) is 0 Å². The fraction of sp³-hybridized carbons (Fsp3) is 0.833. The first-order valence-corrected chi connectivity index (χ1v) is 9.93. The van der Waals surface area contributed by atoms with Crippen molar-refractivity contribution in [1.82, 2.24) is 5.06 Å². The maximum Gasteiger partial charge on any atom is 0.349 e. The number of hydroxylamine groups is 2. The predicted molar refractivity (Wildman–Crippen MR) is 103 cm³/mol. The third kappa shape index (κ3) is 12.1. The summed E-state index contributed by atoms with van der Waals surface area (Å²) < 4.78 is -1.23. The van der Waals surface area contributed by atoms with Crippen molar-refractivity contribution in [3.63, 3.8) is 0 Å². The molecule has 0 unspecified atom stereocenters. The zero-order valence-electron chi connectivity index (χ0n) is 15.1. The fourth-order valence-electron chi connectivity index (χ4n) is 2.43. The molecule has 0 aliphatic rings. The van der Waals surface area contributed by atoms with Gasteiger partial charge in [0.2, 0.25) is 4.46 Å². The molecule has 24 heavy (non-hydrogen) atoms. The van der Waals surface area contributed by atoms with Gasteiger partial charge in [0, 0.05) is 12.6 Å². The highest BCUT2D eigenvalue weighted by molar-refractivity contribution is 6.47. The highest BCUT2D eigenvalue weighted by Gasteiger charge is 2.34. The van der Waals surface area contributed by atoms with Crippen LogP contribution in [0.3, 0.4) is 0 Å². The van der Waals surface area contributed by atoms with Crippen LogP contribution in [0.5, 0.6) is 0 Å². The molecule has 0 aromatic heterocycles. The van der Waals surface area contributed by atoms with Gasteiger partial charge in [-0.05, 0) is 25.8 Å². The van der Waals surface area contributed by atoms with Gasteiger partial charge >= 0.3 is 5.97 Å². The molecule has 2 N–H and O–H groups in total. The smallest absolute Gasteiger partial charge is 0.349 e.